The van der Waals surface area contributed by atoms with Crippen molar-refractivity contribution in [2.24, 2.45) is 0 Å². The molecule has 1 heterocycles. The summed E-state index contributed by atoms with van der Waals surface area (Å²) in [5.74, 6) is 0.0791. The van der Waals surface area contributed by atoms with E-state index >= 15 is 0 Å². The van der Waals surface area contributed by atoms with Gasteiger partial charge in [-0.15, -0.1) is 0 Å². The lowest BCUT2D eigenvalue weighted by atomic mass is 10.1. The van der Waals surface area contributed by atoms with Crippen LogP contribution in [0.15, 0.2) is 18.2 Å². The highest BCUT2D eigenvalue weighted by molar-refractivity contribution is 5.76. The van der Waals surface area contributed by atoms with E-state index in [9.17, 15) is 4.79 Å². The Morgan fingerprint density at radius 2 is 2.12 bits per heavy atom. The third kappa shape index (κ3) is 5.41. The number of hydrogen-bond acceptors (Lipinski definition) is 4. The van der Waals surface area contributed by atoms with Crippen LogP contribution in [0.1, 0.15) is 38.7 Å². The Morgan fingerprint density at radius 1 is 1.33 bits per heavy atom. The minimum absolute atomic E-state index is 0.0791. The van der Waals surface area contributed by atoms with Gasteiger partial charge in [0.2, 0.25) is 5.91 Å². The van der Waals surface area contributed by atoms with Gasteiger partial charge in [0.15, 0.2) is 0 Å². The maximum atomic E-state index is 11.9. The molecular formula is C19H31N3O2. The van der Waals surface area contributed by atoms with Gasteiger partial charge >= 0.3 is 0 Å². The van der Waals surface area contributed by atoms with Gasteiger partial charge in [-0.3, -0.25) is 4.79 Å². The molecule has 1 unspecified atom stereocenters. The molecule has 0 radical (unpaired) electrons. The number of ether oxygens (including phenoxy) is 1. The van der Waals surface area contributed by atoms with Crippen LogP contribution in [0, 0.1) is 6.92 Å². The number of carbonyl (C=O) groups excluding carboxylic acids is 1. The number of rotatable bonds is 9. The first-order chi connectivity index (χ1) is 11.6. The van der Waals surface area contributed by atoms with E-state index in [0.29, 0.717) is 19.5 Å². The van der Waals surface area contributed by atoms with Crippen LogP contribution < -0.4 is 15.5 Å². The predicted octanol–water partition coefficient (Wildman–Crippen LogP) is 2.94. The molecule has 1 aliphatic rings. The number of nitrogens with one attached hydrogen (secondary N) is 2. The van der Waals surface area contributed by atoms with Crippen molar-refractivity contribution in [2.75, 3.05) is 43.0 Å². The summed E-state index contributed by atoms with van der Waals surface area (Å²) in [4.78, 5) is 14.2. The van der Waals surface area contributed by atoms with E-state index in [-0.39, 0.29) is 12.0 Å². The van der Waals surface area contributed by atoms with Gasteiger partial charge in [0.05, 0.1) is 6.10 Å². The Labute approximate surface area is 145 Å². The maximum absolute atomic E-state index is 11.9. The first kappa shape index (κ1) is 18.6. The first-order valence-electron chi connectivity index (χ1n) is 9.11. The lowest BCUT2D eigenvalue weighted by Gasteiger charge is -2.22. The van der Waals surface area contributed by atoms with Crippen LogP contribution in [0.2, 0.25) is 0 Å². The zero-order chi connectivity index (χ0) is 17.4. The SMILES string of the molecule is CCN(CC)c1ccc(NCCC(=O)NCC2CCCO2)c(C)c1. The molecule has 24 heavy (non-hydrogen) atoms. The molecule has 2 N–H and O–H groups in total. The van der Waals surface area contributed by atoms with Crippen LogP contribution in [0.4, 0.5) is 11.4 Å². The van der Waals surface area contributed by atoms with Gasteiger partial charge in [0.25, 0.3) is 0 Å². The summed E-state index contributed by atoms with van der Waals surface area (Å²) >= 11 is 0. The smallest absolute Gasteiger partial charge is 0.221 e. The number of aryl methyl sites for hydroxylation is 1. The fourth-order valence-electron chi connectivity index (χ4n) is 3.06. The molecular weight excluding hydrogens is 302 g/mol. The Morgan fingerprint density at radius 3 is 2.75 bits per heavy atom. The van der Waals surface area contributed by atoms with E-state index in [1.165, 1.54) is 11.3 Å². The van der Waals surface area contributed by atoms with E-state index in [1.54, 1.807) is 0 Å². The monoisotopic (exact) mass is 333 g/mol. The summed E-state index contributed by atoms with van der Waals surface area (Å²) < 4.78 is 5.51. The van der Waals surface area contributed by atoms with Gasteiger partial charge in [0.1, 0.15) is 0 Å². The van der Waals surface area contributed by atoms with E-state index in [1.807, 2.05) is 0 Å². The van der Waals surface area contributed by atoms with Crippen LogP contribution in [-0.2, 0) is 9.53 Å². The average molecular weight is 333 g/mol. The third-order valence-corrected chi connectivity index (χ3v) is 4.56. The fourth-order valence-corrected chi connectivity index (χ4v) is 3.06. The summed E-state index contributed by atoms with van der Waals surface area (Å²) in [6, 6.07) is 6.44. The maximum Gasteiger partial charge on any atom is 0.221 e. The first-order valence-corrected chi connectivity index (χ1v) is 9.11. The van der Waals surface area contributed by atoms with E-state index in [0.717, 1.165) is 38.2 Å². The number of anilines is 2. The third-order valence-electron chi connectivity index (χ3n) is 4.56. The van der Waals surface area contributed by atoms with Crippen molar-refractivity contribution in [3.63, 3.8) is 0 Å². The van der Waals surface area contributed by atoms with Crippen molar-refractivity contribution in [3.05, 3.63) is 23.8 Å². The highest BCUT2D eigenvalue weighted by Gasteiger charge is 2.15. The lowest BCUT2D eigenvalue weighted by Crippen LogP contribution is -2.32. The van der Waals surface area contributed by atoms with Crippen molar-refractivity contribution >= 4 is 17.3 Å². The zero-order valence-corrected chi connectivity index (χ0v) is 15.2. The molecule has 0 saturated carbocycles. The summed E-state index contributed by atoms with van der Waals surface area (Å²) in [5, 5.41) is 6.32. The quantitative estimate of drug-likeness (QED) is 0.729. The molecule has 5 heteroatoms. The van der Waals surface area contributed by atoms with Crippen molar-refractivity contribution in [1.82, 2.24) is 5.32 Å². The minimum Gasteiger partial charge on any atom is -0.384 e. The summed E-state index contributed by atoms with van der Waals surface area (Å²) in [6.45, 7) is 10.6. The Bertz CT molecular complexity index is 523. The lowest BCUT2D eigenvalue weighted by molar-refractivity contribution is -0.121. The zero-order valence-electron chi connectivity index (χ0n) is 15.2. The molecule has 0 aliphatic carbocycles. The molecule has 1 aliphatic heterocycles. The number of carbonyl (C=O) groups is 1. The molecule has 2 rings (SSSR count). The minimum atomic E-state index is 0.0791. The molecule has 1 aromatic carbocycles. The molecule has 0 aromatic heterocycles. The number of amides is 1. The molecule has 1 fully saturated rings. The predicted molar refractivity (Wildman–Crippen MR) is 99.8 cm³/mol. The van der Waals surface area contributed by atoms with E-state index in [4.69, 9.17) is 4.74 Å². The molecule has 134 valence electrons. The van der Waals surface area contributed by atoms with Gasteiger partial charge in [-0.1, -0.05) is 0 Å². The molecule has 5 nitrogen and oxygen atoms in total. The van der Waals surface area contributed by atoms with E-state index < -0.39 is 0 Å². The van der Waals surface area contributed by atoms with Crippen LogP contribution >= 0.6 is 0 Å². The normalized spacial score (nSPS) is 16.9. The fraction of sp³-hybridized carbons (Fsp3) is 0.632. The summed E-state index contributed by atoms with van der Waals surface area (Å²) in [5.41, 5.74) is 3.55. The van der Waals surface area contributed by atoms with Gasteiger partial charge < -0.3 is 20.3 Å². The van der Waals surface area contributed by atoms with Gasteiger partial charge in [-0.25, -0.2) is 0 Å². The van der Waals surface area contributed by atoms with Crippen LogP contribution in [0.25, 0.3) is 0 Å². The van der Waals surface area contributed by atoms with Crippen LogP contribution in [0.5, 0.6) is 0 Å². The average Bonchev–Trinajstić information content (AvgIpc) is 3.09. The van der Waals surface area contributed by atoms with Crippen molar-refractivity contribution in [3.8, 4) is 0 Å². The van der Waals surface area contributed by atoms with Crippen molar-refractivity contribution < 1.29 is 9.53 Å². The second-order valence-electron chi connectivity index (χ2n) is 6.29. The summed E-state index contributed by atoms with van der Waals surface area (Å²) in [6.07, 6.45) is 2.84. The Hall–Kier alpha value is -1.75. The highest BCUT2D eigenvalue weighted by Crippen LogP contribution is 2.22. The highest BCUT2D eigenvalue weighted by atomic mass is 16.5. The Kier molecular flexibility index (Phi) is 7.37. The molecule has 1 saturated heterocycles. The summed E-state index contributed by atoms with van der Waals surface area (Å²) in [7, 11) is 0. The van der Waals surface area contributed by atoms with Crippen molar-refractivity contribution in [2.45, 2.75) is 46.1 Å². The Balaban J connectivity index is 1.74. The molecule has 1 atom stereocenters. The molecule has 0 bridgehead atoms. The molecule has 0 spiro atoms. The number of hydrogen-bond donors (Lipinski definition) is 2. The van der Waals surface area contributed by atoms with Gasteiger partial charge in [0, 0.05) is 50.6 Å². The number of benzene rings is 1. The standard InChI is InChI=1S/C19H31N3O2/c1-4-22(5-2)16-8-9-18(15(3)13-16)20-11-10-19(23)21-14-17-7-6-12-24-17/h8-9,13,17,20H,4-7,10-12,14H2,1-3H3,(H,21,23). The van der Waals surface area contributed by atoms with Crippen LogP contribution in [-0.4, -0.2) is 44.8 Å². The topological polar surface area (TPSA) is 53.6 Å². The molecule has 1 amide bonds. The largest absolute Gasteiger partial charge is 0.384 e. The second-order valence-corrected chi connectivity index (χ2v) is 6.29. The van der Waals surface area contributed by atoms with Crippen molar-refractivity contribution in [1.29, 1.82) is 0 Å². The van der Waals surface area contributed by atoms with E-state index in [2.05, 4.69) is 54.5 Å². The van der Waals surface area contributed by atoms with Gasteiger partial charge in [-0.2, -0.15) is 0 Å². The second kappa shape index (κ2) is 9.52. The van der Waals surface area contributed by atoms with Gasteiger partial charge in [-0.05, 0) is 57.4 Å². The molecule has 1 aromatic rings. The number of nitrogens with zero attached hydrogens (tertiary/aromatic N) is 1. The van der Waals surface area contributed by atoms with Crippen LogP contribution in [0.3, 0.4) is 0 Å².